The molecule has 0 spiro atoms. The first-order chi connectivity index (χ1) is 40.1. The lowest BCUT2D eigenvalue weighted by molar-refractivity contribution is -0.137. The van der Waals surface area contributed by atoms with Crippen molar-refractivity contribution in [3.63, 3.8) is 0 Å². The van der Waals surface area contributed by atoms with Gasteiger partial charge < -0.3 is 75.1 Å². The first kappa shape index (κ1) is 72.5. The fourth-order valence-corrected chi connectivity index (χ4v) is 9.04. The smallest absolute Gasteiger partial charge is 0.245 e. The number of nitrogens with two attached hydrogens (primary N) is 3. The van der Waals surface area contributed by atoms with Crippen LogP contribution in [-0.2, 0) is 60.8 Å². The molecule has 0 aliphatic rings. The number of unbranched alkanes of at least 4 members (excludes halogenated alkanes) is 12. The third kappa shape index (κ3) is 30.1. The molecule has 0 aliphatic heterocycles. The summed E-state index contributed by atoms with van der Waals surface area (Å²) >= 11 is 0. The number of aliphatic hydroxyl groups excluding tert-OH is 1. The second-order valence-corrected chi connectivity index (χ2v) is 21.4. The summed E-state index contributed by atoms with van der Waals surface area (Å²) < 4.78 is 0. The third-order valence-electron chi connectivity index (χ3n) is 14.2. The first-order valence-electron chi connectivity index (χ1n) is 29.7. The second kappa shape index (κ2) is 41.4. The summed E-state index contributed by atoms with van der Waals surface area (Å²) in [5.41, 5.74) is 17.4. The minimum Gasteiger partial charge on any atom is -0.391 e. The minimum atomic E-state index is -1.63. The first-order valence-corrected chi connectivity index (χ1v) is 29.7. The van der Waals surface area contributed by atoms with Crippen LogP contribution in [0.3, 0.4) is 0 Å². The second-order valence-electron chi connectivity index (χ2n) is 21.4. The van der Waals surface area contributed by atoms with Crippen molar-refractivity contribution < 1.29 is 53.1 Å². The zero-order chi connectivity index (χ0) is 62.4. The van der Waals surface area contributed by atoms with Crippen LogP contribution >= 0.6 is 0 Å². The molecule has 1 aromatic carbocycles. The van der Waals surface area contributed by atoms with Crippen LogP contribution in [0.1, 0.15) is 168 Å². The molecule has 9 atom stereocenters. The largest absolute Gasteiger partial charge is 0.391 e. The molecule has 0 saturated carbocycles. The SMILES string of the molecule is CCCCCCCCCCCCCCCC(=O)NC(CCC(N)=O)C(=O)N[C@H](C(=O)N[C@H](C(=O)N[C@@H](C)C(=O)NCC(=O)N[C@@H](Cc1cnc[nH]1)C(=O)N[C@@H](Cc1ccccc1)C(=O)N[C@@H](CCCN=C(N)N)C(=O)NC)[C@@H](C)CC)[C@@H](C)O. The van der Waals surface area contributed by atoms with Crippen molar-refractivity contribution in [3.05, 3.63) is 54.1 Å². The number of guanidine groups is 1. The van der Waals surface area contributed by atoms with Gasteiger partial charge in [0.2, 0.25) is 59.1 Å². The standard InChI is InChI=1S/C58H97N15O11/c1-7-9-10-11-12-13-14-15-16-17-18-19-23-28-47(76)68-43(29-30-46(59)75)53(80)73-50(39(5)74)57(84)72-49(37(3)8-2)56(83)67-38(4)51(78)65-35-48(77)69-45(33-41-34-63-36-66-41)55(82)71-44(32-40-25-21-20-22-26-40)54(81)70-42(52(79)62-6)27-24-31-64-58(60)61/h20-22,25-26,34,36-39,42-45,49-50,74H,7-19,23-24,27-33,35H2,1-6H3,(H2,59,75)(H,62,79)(H,63,66)(H,65,78)(H,67,83)(H,68,76)(H,69,77)(H,70,81)(H,71,82)(H,72,84)(H,73,80)(H4,60,61,64)/t37-,38-,39+,42-,43?,44-,45-,49-,50-/m0/s1. The van der Waals surface area contributed by atoms with E-state index in [0.717, 1.165) is 25.7 Å². The number of hydrogen-bond donors (Lipinski definition) is 14. The van der Waals surface area contributed by atoms with Crippen molar-refractivity contribution in [1.82, 2.24) is 57.8 Å². The summed E-state index contributed by atoms with van der Waals surface area (Å²) in [5, 5.41) is 33.9. The van der Waals surface area contributed by atoms with Crippen LogP contribution < -0.4 is 65.1 Å². The van der Waals surface area contributed by atoms with Crippen molar-refractivity contribution in [2.45, 2.75) is 218 Å². The van der Waals surface area contributed by atoms with Crippen molar-refractivity contribution in [2.24, 2.45) is 28.1 Å². The summed E-state index contributed by atoms with van der Waals surface area (Å²) in [5.74, 6) is -8.07. The Kier molecular flexibility index (Phi) is 35.7. The lowest BCUT2D eigenvalue weighted by Crippen LogP contribution is -2.61. The van der Waals surface area contributed by atoms with Crippen LogP contribution in [0.15, 0.2) is 47.8 Å². The number of amides is 10. The summed E-state index contributed by atoms with van der Waals surface area (Å²) in [6.45, 7) is 7.74. The number of aliphatic hydroxyl groups is 1. The number of imidazole rings is 1. The fraction of sp³-hybridized carbons (Fsp3) is 0.655. The lowest BCUT2D eigenvalue weighted by atomic mass is 9.97. The topological polar surface area (TPSA) is 418 Å². The monoisotopic (exact) mass is 1180 g/mol. The molecule has 470 valence electrons. The molecular formula is C58H97N15O11. The number of H-pyrrole nitrogens is 1. The molecule has 2 rings (SSSR count). The fourth-order valence-electron chi connectivity index (χ4n) is 9.04. The van der Waals surface area contributed by atoms with Gasteiger partial charge in [0.1, 0.15) is 42.3 Å². The number of aromatic nitrogens is 2. The van der Waals surface area contributed by atoms with Crippen LogP contribution in [0.4, 0.5) is 0 Å². The lowest BCUT2D eigenvalue weighted by Gasteiger charge is -2.29. The predicted molar refractivity (Wildman–Crippen MR) is 318 cm³/mol. The van der Waals surface area contributed by atoms with Gasteiger partial charge in [0.05, 0.1) is 19.0 Å². The highest BCUT2D eigenvalue weighted by molar-refractivity contribution is 5.98. The Bertz CT molecular complexity index is 2370. The van der Waals surface area contributed by atoms with E-state index in [1.165, 1.54) is 84.8 Å². The Balaban J connectivity index is 2.10. The van der Waals surface area contributed by atoms with Gasteiger partial charge in [-0.2, -0.15) is 0 Å². The van der Waals surface area contributed by atoms with Gasteiger partial charge in [-0.15, -0.1) is 0 Å². The van der Waals surface area contributed by atoms with E-state index in [1.807, 2.05) is 0 Å². The molecule has 84 heavy (non-hydrogen) atoms. The van der Waals surface area contributed by atoms with Crippen molar-refractivity contribution in [1.29, 1.82) is 0 Å². The maximum atomic E-state index is 14.1. The number of nitrogens with one attached hydrogen (secondary N) is 10. The van der Waals surface area contributed by atoms with E-state index in [9.17, 15) is 53.1 Å². The Labute approximate surface area is 494 Å². The molecule has 26 nitrogen and oxygen atoms in total. The number of carbonyl (C=O) groups is 10. The Hall–Kier alpha value is -7.64. The molecule has 26 heteroatoms. The molecule has 0 bridgehead atoms. The number of benzene rings is 1. The molecule has 0 saturated heterocycles. The van der Waals surface area contributed by atoms with E-state index in [2.05, 4.69) is 69.7 Å². The van der Waals surface area contributed by atoms with Crippen molar-refractivity contribution >= 4 is 65.0 Å². The van der Waals surface area contributed by atoms with Gasteiger partial charge in [-0.05, 0) is 51.0 Å². The quantitative estimate of drug-likeness (QED) is 0.0247. The Morgan fingerprint density at radius 2 is 1.11 bits per heavy atom. The number of hydrogen-bond acceptors (Lipinski definition) is 13. The van der Waals surface area contributed by atoms with Gasteiger partial charge in [-0.1, -0.05) is 135 Å². The molecule has 2 aromatic rings. The van der Waals surface area contributed by atoms with Gasteiger partial charge in [-0.25, -0.2) is 4.98 Å². The van der Waals surface area contributed by atoms with E-state index in [0.29, 0.717) is 30.5 Å². The minimum absolute atomic E-state index is 0.00281. The normalized spacial score (nSPS) is 14.2. The summed E-state index contributed by atoms with van der Waals surface area (Å²) in [6.07, 6.45) is 16.4. The van der Waals surface area contributed by atoms with E-state index in [-0.39, 0.29) is 51.0 Å². The molecule has 1 unspecified atom stereocenters. The molecule has 1 aromatic heterocycles. The van der Waals surface area contributed by atoms with Gasteiger partial charge in [0.25, 0.3) is 0 Å². The number of likely N-dealkylation sites (N-methyl/N-ethyl adjacent to an activating group) is 1. The molecule has 10 amide bonds. The molecular weight excluding hydrogens is 1080 g/mol. The third-order valence-corrected chi connectivity index (χ3v) is 14.2. The summed E-state index contributed by atoms with van der Waals surface area (Å²) in [7, 11) is 1.41. The van der Waals surface area contributed by atoms with Gasteiger partial charge >= 0.3 is 0 Å². The average Bonchev–Trinajstić information content (AvgIpc) is 4.15. The van der Waals surface area contributed by atoms with E-state index < -0.39 is 120 Å². The molecule has 0 radical (unpaired) electrons. The summed E-state index contributed by atoms with van der Waals surface area (Å²) in [6, 6.07) is -0.298. The number of nitrogens with zero attached hydrogens (tertiary/aromatic N) is 2. The number of aliphatic imine (C=N–C) groups is 1. The van der Waals surface area contributed by atoms with Gasteiger partial charge in [0, 0.05) is 51.2 Å². The van der Waals surface area contributed by atoms with Crippen LogP contribution in [-0.4, -0.2) is 149 Å². The highest BCUT2D eigenvalue weighted by atomic mass is 16.3. The summed E-state index contributed by atoms with van der Waals surface area (Å²) in [4.78, 5) is 145. The van der Waals surface area contributed by atoms with Crippen molar-refractivity contribution in [3.8, 4) is 0 Å². The molecule has 0 aliphatic carbocycles. The average molecular weight is 1180 g/mol. The van der Waals surface area contributed by atoms with Crippen LogP contribution in [0.2, 0.25) is 0 Å². The van der Waals surface area contributed by atoms with E-state index in [4.69, 9.17) is 17.2 Å². The zero-order valence-electron chi connectivity index (χ0n) is 50.2. The Morgan fingerprint density at radius 3 is 1.65 bits per heavy atom. The highest BCUT2D eigenvalue weighted by Gasteiger charge is 2.36. The maximum absolute atomic E-state index is 14.1. The van der Waals surface area contributed by atoms with E-state index in [1.54, 1.807) is 44.2 Å². The van der Waals surface area contributed by atoms with E-state index >= 15 is 0 Å². The molecule has 17 N–H and O–H groups in total. The highest BCUT2D eigenvalue weighted by Crippen LogP contribution is 2.15. The number of aromatic amines is 1. The van der Waals surface area contributed by atoms with Crippen LogP contribution in [0.5, 0.6) is 0 Å². The molecule has 1 heterocycles. The van der Waals surface area contributed by atoms with Crippen LogP contribution in [0.25, 0.3) is 0 Å². The predicted octanol–water partition coefficient (Wildman–Crippen LogP) is 0.698. The van der Waals surface area contributed by atoms with Crippen LogP contribution in [0, 0.1) is 5.92 Å². The number of carbonyl (C=O) groups excluding carboxylic acids is 10. The number of rotatable bonds is 44. The van der Waals surface area contributed by atoms with Crippen molar-refractivity contribution in [2.75, 3.05) is 20.1 Å². The van der Waals surface area contributed by atoms with Gasteiger partial charge in [0.15, 0.2) is 5.96 Å². The Morgan fingerprint density at radius 1 is 0.571 bits per heavy atom. The maximum Gasteiger partial charge on any atom is 0.245 e. The number of primary amides is 1. The van der Waals surface area contributed by atoms with Gasteiger partial charge in [-0.3, -0.25) is 52.9 Å². The molecule has 0 fully saturated rings. The zero-order valence-corrected chi connectivity index (χ0v) is 50.2.